The van der Waals surface area contributed by atoms with Gasteiger partial charge in [0.05, 0.1) is 11.7 Å². The molecule has 0 radical (unpaired) electrons. The molecule has 1 atom stereocenters. The molecule has 0 bridgehead atoms. The molecule has 4 nitrogen and oxygen atoms in total. The fraction of sp³-hybridized carbons (Fsp3) is 1.00. The molecular formula is C15H32N2O2. The van der Waals surface area contributed by atoms with Crippen molar-refractivity contribution in [2.45, 2.75) is 64.1 Å². The normalized spacial score (nSPS) is 21.3. The number of nitrogens with one attached hydrogen (secondary N) is 1. The van der Waals surface area contributed by atoms with Crippen molar-refractivity contribution in [1.82, 2.24) is 10.2 Å². The topological polar surface area (TPSA) is 55.7 Å². The third-order valence-electron chi connectivity index (χ3n) is 4.23. The fourth-order valence-corrected chi connectivity index (χ4v) is 2.88. The maximum Gasteiger partial charge on any atom is 0.0791 e. The van der Waals surface area contributed by atoms with E-state index in [1.165, 1.54) is 12.8 Å². The first-order valence-corrected chi connectivity index (χ1v) is 7.93. The van der Waals surface area contributed by atoms with Crippen LogP contribution in [0.3, 0.4) is 0 Å². The Morgan fingerprint density at radius 1 is 1.11 bits per heavy atom. The predicted octanol–water partition coefficient (Wildman–Crippen LogP) is 1.36. The number of hydrogen-bond donors (Lipinski definition) is 3. The smallest absolute Gasteiger partial charge is 0.0791 e. The third-order valence-corrected chi connectivity index (χ3v) is 4.23. The number of aliphatic hydroxyl groups excluding tert-OH is 1. The first kappa shape index (κ1) is 16.9. The summed E-state index contributed by atoms with van der Waals surface area (Å²) in [5.41, 5.74) is -0.550. The fourth-order valence-electron chi connectivity index (χ4n) is 2.88. The first-order valence-electron chi connectivity index (χ1n) is 7.93. The molecule has 3 N–H and O–H groups in total. The lowest BCUT2D eigenvalue weighted by molar-refractivity contribution is 0.0211. The van der Waals surface area contributed by atoms with E-state index in [1.807, 2.05) is 0 Å². The molecule has 1 unspecified atom stereocenters. The Bertz CT molecular complexity index is 224. The molecule has 0 aliphatic heterocycles. The SMILES string of the molecule is CCN(CC)CC(O)CNCC1(O)CCCCCC1. The number of rotatable bonds is 8. The van der Waals surface area contributed by atoms with Crippen molar-refractivity contribution in [1.29, 1.82) is 0 Å². The Morgan fingerprint density at radius 3 is 2.21 bits per heavy atom. The average molecular weight is 272 g/mol. The van der Waals surface area contributed by atoms with Gasteiger partial charge in [-0.05, 0) is 25.9 Å². The number of likely N-dealkylation sites (N-methyl/N-ethyl adjacent to an activating group) is 1. The van der Waals surface area contributed by atoms with Crippen molar-refractivity contribution in [2.24, 2.45) is 0 Å². The van der Waals surface area contributed by atoms with E-state index in [9.17, 15) is 10.2 Å². The van der Waals surface area contributed by atoms with E-state index in [0.29, 0.717) is 19.6 Å². The molecule has 1 rings (SSSR count). The Morgan fingerprint density at radius 2 is 1.68 bits per heavy atom. The van der Waals surface area contributed by atoms with Gasteiger partial charge in [0.15, 0.2) is 0 Å². The minimum Gasteiger partial charge on any atom is -0.390 e. The minimum atomic E-state index is -0.550. The zero-order valence-electron chi connectivity index (χ0n) is 12.7. The monoisotopic (exact) mass is 272 g/mol. The highest BCUT2D eigenvalue weighted by Gasteiger charge is 2.27. The lowest BCUT2D eigenvalue weighted by Gasteiger charge is -2.28. The maximum absolute atomic E-state index is 10.5. The van der Waals surface area contributed by atoms with Gasteiger partial charge in [0.1, 0.15) is 0 Å². The highest BCUT2D eigenvalue weighted by Crippen LogP contribution is 2.26. The Labute approximate surface area is 118 Å². The summed E-state index contributed by atoms with van der Waals surface area (Å²) < 4.78 is 0. The molecule has 0 aromatic heterocycles. The highest BCUT2D eigenvalue weighted by atomic mass is 16.3. The summed E-state index contributed by atoms with van der Waals surface area (Å²) in [6.07, 6.45) is 6.17. The molecule has 1 fully saturated rings. The molecule has 19 heavy (non-hydrogen) atoms. The zero-order valence-corrected chi connectivity index (χ0v) is 12.7. The van der Waals surface area contributed by atoms with Crippen LogP contribution < -0.4 is 5.32 Å². The van der Waals surface area contributed by atoms with E-state index in [0.717, 1.165) is 38.8 Å². The van der Waals surface area contributed by atoms with Gasteiger partial charge in [0.2, 0.25) is 0 Å². The second-order valence-corrected chi connectivity index (χ2v) is 5.91. The number of aliphatic hydroxyl groups is 2. The second-order valence-electron chi connectivity index (χ2n) is 5.91. The maximum atomic E-state index is 10.5. The van der Waals surface area contributed by atoms with Gasteiger partial charge in [-0.15, -0.1) is 0 Å². The van der Waals surface area contributed by atoms with Gasteiger partial charge in [-0.25, -0.2) is 0 Å². The van der Waals surface area contributed by atoms with Crippen LogP contribution in [0, 0.1) is 0 Å². The second kappa shape index (κ2) is 8.90. The molecule has 0 aromatic carbocycles. The number of hydrogen-bond acceptors (Lipinski definition) is 4. The van der Waals surface area contributed by atoms with Gasteiger partial charge in [-0.1, -0.05) is 39.5 Å². The van der Waals surface area contributed by atoms with Gasteiger partial charge < -0.3 is 20.4 Å². The lowest BCUT2D eigenvalue weighted by atomic mass is 9.94. The third kappa shape index (κ3) is 6.70. The molecule has 0 heterocycles. The van der Waals surface area contributed by atoms with Crippen LogP contribution in [0.1, 0.15) is 52.4 Å². The van der Waals surface area contributed by atoms with Gasteiger partial charge in [-0.2, -0.15) is 0 Å². The molecular weight excluding hydrogens is 240 g/mol. The van der Waals surface area contributed by atoms with E-state index in [2.05, 4.69) is 24.1 Å². The van der Waals surface area contributed by atoms with Crippen molar-refractivity contribution in [2.75, 3.05) is 32.7 Å². The molecule has 0 aromatic rings. The van der Waals surface area contributed by atoms with Gasteiger partial charge in [0.25, 0.3) is 0 Å². The molecule has 0 saturated heterocycles. The molecule has 1 aliphatic carbocycles. The van der Waals surface area contributed by atoms with Gasteiger partial charge >= 0.3 is 0 Å². The molecule has 0 spiro atoms. The summed E-state index contributed by atoms with van der Waals surface area (Å²) in [5, 5.41) is 23.7. The van der Waals surface area contributed by atoms with E-state index in [-0.39, 0.29) is 6.10 Å². The van der Waals surface area contributed by atoms with Crippen molar-refractivity contribution >= 4 is 0 Å². The van der Waals surface area contributed by atoms with Crippen LogP contribution in [0.2, 0.25) is 0 Å². The first-order chi connectivity index (χ1) is 9.09. The van der Waals surface area contributed by atoms with Crippen LogP contribution in [-0.4, -0.2) is 59.5 Å². The van der Waals surface area contributed by atoms with Crippen molar-refractivity contribution in [3.05, 3.63) is 0 Å². The zero-order chi connectivity index (χ0) is 14.1. The highest BCUT2D eigenvalue weighted by molar-refractivity contribution is 4.83. The minimum absolute atomic E-state index is 0.353. The molecule has 1 aliphatic rings. The summed E-state index contributed by atoms with van der Waals surface area (Å²) >= 11 is 0. The van der Waals surface area contributed by atoms with Crippen LogP contribution in [0.4, 0.5) is 0 Å². The van der Waals surface area contributed by atoms with Crippen LogP contribution in [0.15, 0.2) is 0 Å². The molecule has 0 amide bonds. The van der Waals surface area contributed by atoms with Crippen LogP contribution in [0.25, 0.3) is 0 Å². The van der Waals surface area contributed by atoms with Crippen molar-refractivity contribution in [3.63, 3.8) is 0 Å². The summed E-state index contributed by atoms with van der Waals surface area (Å²) in [4.78, 5) is 2.21. The molecule has 4 heteroatoms. The van der Waals surface area contributed by atoms with Crippen molar-refractivity contribution in [3.8, 4) is 0 Å². The standard InChI is InChI=1S/C15H32N2O2/c1-3-17(4-2)12-14(18)11-16-13-15(19)9-7-5-6-8-10-15/h14,16,18-19H,3-13H2,1-2H3. The van der Waals surface area contributed by atoms with Gasteiger partial charge in [0, 0.05) is 19.6 Å². The van der Waals surface area contributed by atoms with Crippen molar-refractivity contribution < 1.29 is 10.2 Å². The molecule has 1 saturated carbocycles. The largest absolute Gasteiger partial charge is 0.390 e. The van der Waals surface area contributed by atoms with E-state index >= 15 is 0 Å². The lowest BCUT2D eigenvalue weighted by Crippen LogP contribution is -2.45. The van der Waals surface area contributed by atoms with Crippen LogP contribution >= 0.6 is 0 Å². The summed E-state index contributed by atoms with van der Waals surface area (Å²) in [6.45, 7) is 8.05. The van der Waals surface area contributed by atoms with Crippen LogP contribution in [0.5, 0.6) is 0 Å². The number of nitrogens with zero attached hydrogens (tertiary/aromatic N) is 1. The Balaban J connectivity index is 2.21. The summed E-state index contributed by atoms with van der Waals surface area (Å²) in [7, 11) is 0. The van der Waals surface area contributed by atoms with Crippen LogP contribution in [-0.2, 0) is 0 Å². The van der Waals surface area contributed by atoms with E-state index in [4.69, 9.17) is 0 Å². The van der Waals surface area contributed by atoms with E-state index < -0.39 is 5.60 Å². The summed E-state index contributed by atoms with van der Waals surface area (Å²) in [6, 6.07) is 0. The predicted molar refractivity (Wildman–Crippen MR) is 79.3 cm³/mol. The van der Waals surface area contributed by atoms with E-state index in [1.54, 1.807) is 0 Å². The summed E-state index contributed by atoms with van der Waals surface area (Å²) in [5.74, 6) is 0. The van der Waals surface area contributed by atoms with Gasteiger partial charge in [-0.3, -0.25) is 0 Å². The molecule has 114 valence electrons. The Kier molecular flexibility index (Phi) is 7.91. The quantitative estimate of drug-likeness (QED) is 0.584. The Hall–Kier alpha value is -0.160. The average Bonchev–Trinajstić information content (AvgIpc) is 2.61.